The second-order valence-electron chi connectivity index (χ2n) is 5.90. The molecule has 94 valence electrons. The molecule has 0 aromatic heterocycles. The minimum atomic E-state index is -0.0555. The Morgan fingerprint density at radius 1 is 1.06 bits per heavy atom. The summed E-state index contributed by atoms with van der Waals surface area (Å²) < 4.78 is 0. The number of likely N-dealkylation sites (tertiary alicyclic amines) is 1. The zero-order valence-electron chi connectivity index (χ0n) is 10.7. The molecule has 2 heterocycles. The number of piperidine rings is 2. The van der Waals surface area contributed by atoms with E-state index >= 15 is 0 Å². The molecule has 0 aromatic rings. The van der Waals surface area contributed by atoms with Crippen LogP contribution in [-0.4, -0.2) is 47.8 Å². The van der Waals surface area contributed by atoms with Crippen LogP contribution in [0.1, 0.15) is 39.5 Å². The normalized spacial score (nSPS) is 27.2. The Morgan fingerprint density at radius 2 is 1.62 bits per heavy atom. The second-order valence-corrected chi connectivity index (χ2v) is 5.90. The fourth-order valence-corrected chi connectivity index (χ4v) is 3.23. The third-order valence-corrected chi connectivity index (χ3v) is 4.62. The van der Waals surface area contributed by atoms with Crippen molar-refractivity contribution in [2.45, 2.75) is 51.2 Å². The van der Waals surface area contributed by atoms with Crippen molar-refractivity contribution in [2.24, 2.45) is 5.92 Å². The first-order valence-electron chi connectivity index (χ1n) is 6.74. The number of aliphatic hydroxyl groups is 1. The number of nitrogens with one attached hydrogen (secondary N) is 1. The van der Waals surface area contributed by atoms with Crippen LogP contribution in [0.15, 0.2) is 0 Å². The average molecular weight is 226 g/mol. The van der Waals surface area contributed by atoms with Gasteiger partial charge in [-0.1, -0.05) is 0 Å². The molecule has 0 saturated carbocycles. The second kappa shape index (κ2) is 5.03. The quantitative estimate of drug-likeness (QED) is 0.743. The van der Waals surface area contributed by atoms with Crippen LogP contribution < -0.4 is 5.32 Å². The van der Waals surface area contributed by atoms with E-state index in [4.69, 9.17) is 0 Å². The van der Waals surface area contributed by atoms with E-state index in [1.807, 2.05) is 0 Å². The highest BCUT2D eigenvalue weighted by molar-refractivity contribution is 4.92. The van der Waals surface area contributed by atoms with Crippen molar-refractivity contribution in [3.05, 3.63) is 0 Å². The van der Waals surface area contributed by atoms with Gasteiger partial charge in [0.25, 0.3) is 0 Å². The summed E-state index contributed by atoms with van der Waals surface area (Å²) in [5.74, 6) is 0.809. The van der Waals surface area contributed by atoms with Crippen LogP contribution in [0.2, 0.25) is 0 Å². The molecule has 3 heteroatoms. The Bertz CT molecular complexity index is 216. The molecule has 0 aromatic carbocycles. The Hall–Kier alpha value is -0.120. The summed E-state index contributed by atoms with van der Waals surface area (Å²) in [5, 5.41) is 13.0. The van der Waals surface area contributed by atoms with E-state index in [9.17, 15) is 5.11 Å². The van der Waals surface area contributed by atoms with Crippen molar-refractivity contribution in [2.75, 3.05) is 26.2 Å². The topological polar surface area (TPSA) is 35.5 Å². The van der Waals surface area contributed by atoms with E-state index in [1.54, 1.807) is 0 Å². The third-order valence-electron chi connectivity index (χ3n) is 4.62. The first-order valence-corrected chi connectivity index (χ1v) is 6.74. The fourth-order valence-electron chi connectivity index (χ4n) is 3.23. The minimum Gasteiger partial charge on any atom is -0.393 e. The Balaban J connectivity index is 1.94. The lowest BCUT2D eigenvalue weighted by atomic mass is 9.78. The van der Waals surface area contributed by atoms with E-state index in [1.165, 1.54) is 25.9 Å². The first-order chi connectivity index (χ1) is 7.60. The molecule has 0 amide bonds. The van der Waals surface area contributed by atoms with Crippen LogP contribution in [0.3, 0.4) is 0 Å². The smallest absolute Gasteiger partial charge is 0.0564 e. The van der Waals surface area contributed by atoms with Gasteiger partial charge >= 0.3 is 0 Å². The summed E-state index contributed by atoms with van der Waals surface area (Å²) >= 11 is 0. The molecule has 2 N–H and O–H groups in total. The molecule has 2 rings (SSSR count). The largest absolute Gasteiger partial charge is 0.393 e. The van der Waals surface area contributed by atoms with Gasteiger partial charge < -0.3 is 10.4 Å². The van der Waals surface area contributed by atoms with Gasteiger partial charge in [0.2, 0.25) is 0 Å². The SMILES string of the molecule is CC(C)(C1CCNCC1)N1CCC(O)CC1. The maximum absolute atomic E-state index is 9.57. The fraction of sp³-hybridized carbons (Fsp3) is 1.00. The lowest BCUT2D eigenvalue weighted by Crippen LogP contribution is -2.55. The summed E-state index contributed by atoms with van der Waals surface area (Å²) in [6.07, 6.45) is 4.45. The summed E-state index contributed by atoms with van der Waals surface area (Å²) in [4.78, 5) is 2.59. The molecule has 0 aliphatic carbocycles. The third kappa shape index (κ3) is 2.58. The molecule has 0 spiro atoms. The van der Waals surface area contributed by atoms with Gasteiger partial charge in [0.05, 0.1) is 6.10 Å². The van der Waals surface area contributed by atoms with Crippen LogP contribution in [0.4, 0.5) is 0 Å². The van der Waals surface area contributed by atoms with Crippen LogP contribution in [0.25, 0.3) is 0 Å². The van der Waals surface area contributed by atoms with Gasteiger partial charge in [0, 0.05) is 18.6 Å². The van der Waals surface area contributed by atoms with Crippen LogP contribution in [-0.2, 0) is 0 Å². The van der Waals surface area contributed by atoms with Gasteiger partial charge in [-0.3, -0.25) is 4.90 Å². The molecule has 16 heavy (non-hydrogen) atoms. The van der Waals surface area contributed by atoms with Gasteiger partial charge in [0.1, 0.15) is 0 Å². The molecule has 0 unspecified atom stereocenters. The standard InChI is InChI=1S/C13H26N2O/c1-13(2,11-3-7-14-8-4-11)15-9-5-12(16)6-10-15/h11-12,14,16H,3-10H2,1-2H3. The highest BCUT2D eigenvalue weighted by Crippen LogP contribution is 2.32. The number of rotatable bonds is 2. The van der Waals surface area contributed by atoms with E-state index < -0.39 is 0 Å². The lowest BCUT2D eigenvalue weighted by molar-refractivity contribution is -0.00481. The molecule has 2 saturated heterocycles. The van der Waals surface area contributed by atoms with E-state index in [-0.39, 0.29) is 6.10 Å². The molecule has 2 aliphatic rings. The van der Waals surface area contributed by atoms with Crippen LogP contribution >= 0.6 is 0 Å². The lowest BCUT2D eigenvalue weighted by Gasteiger charge is -2.48. The van der Waals surface area contributed by atoms with Gasteiger partial charge in [-0.2, -0.15) is 0 Å². The Kier molecular flexibility index (Phi) is 3.88. The summed E-state index contributed by atoms with van der Waals surface area (Å²) in [5.41, 5.74) is 0.308. The van der Waals surface area contributed by atoms with Gasteiger partial charge in [0.15, 0.2) is 0 Å². The Labute approximate surface area is 99.2 Å². The molecule has 3 nitrogen and oxygen atoms in total. The van der Waals surface area contributed by atoms with Crippen molar-refractivity contribution in [1.82, 2.24) is 10.2 Å². The first kappa shape index (κ1) is 12.3. The molecule has 0 radical (unpaired) electrons. The van der Waals surface area contributed by atoms with Crippen LogP contribution in [0.5, 0.6) is 0 Å². The van der Waals surface area contributed by atoms with Crippen molar-refractivity contribution >= 4 is 0 Å². The van der Waals surface area contributed by atoms with Gasteiger partial charge in [-0.05, 0) is 58.5 Å². The van der Waals surface area contributed by atoms with Gasteiger partial charge in [-0.25, -0.2) is 0 Å². The number of hydrogen-bond donors (Lipinski definition) is 2. The number of aliphatic hydroxyl groups excluding tert-OH is 1. The minimum absolute atomic E-state index is 0.0555. The molecule has 0 atom stereocenters. The molecule has 2 fully saturated rings. The highest BCUT2D eigenvalue weighted by atomic mass is 16.3. The van der Waals surface area contributed by atoms with E-state index in [2.05, 4.69) is 24.1 Å². The van der Waals surface area contributed by atoms with Crippen molar-refractivity contribution < 1.29 is 5.11 Å². The van der Waals surface area contributed by atoms with E-state index in [0.29, 0.717) is 5.54 Å². The van der Waals surface area contributed by atoms with Crippen molar-refractivity contribution in [1.29, 1.82) is 0 Å². The molecular weight excluding hydrogens is 200 g/mol. The monoisotopic (exact) mass is 226 g/mol. The maximum atomic E-state index is 9.57. The van der Waals surface area contributed by atoms with Crippen molar-refractivity contribution in [3.63, 3.8) is 0 Å². The van der Waals surface area contributed by atoms with Gasteiger partial charge in [-0.15, -0.1) is 0 Å². The molecule has 0 bridgehead atoms. The maximum Gasteiger partial charge on any atom is 0.0564 e. The average Bonchev–Trinajstić information content (AvgIpc) is 2.31. The predicted octanol–water partition coefficient (Wildman–Crippen LogP) is 1.22. The summed E-state index contributed by atoms with van der Waals surface area (Å²) in [6, 6.07) is 0. The summed E-state index contributed by atoms with van der Waals surface area (Å²) in [6.45, 7) is 9.26. The van der Waals surface area contributed by atoms with Crippen LogP contribution in [0, 0.1) is 5.92 Å². The molecular formula is C13H26N2O. The Morgan fingerprint density at radius 3 is 2.19 bits per heavy atom. The van der Waals surface area contributed by atoms with Crippen molar-refractivity contribution in [3.8, 4) is 0 Å². The summed E-state index contributed by atoms with van der Waals surface area (Å²) in [7, 11) is 0. The number of nitrogens with zero attached hydrogens (tertiary/aromatic N) is 1. The predicted molar refractivity (Wildman–Crippen MR) is 66.5 cm³/mol. The highest BCUT2D eigenvalue weighted by Gasteiger charge is 2.37. The van der Waals surface area contributed by atoms with E-state index in [0.717, 1.165) is 31.8 Å². The number of hydrogen-bond acceptors (Lipinski definition) is 3. The zero-order chi connectivity index (χ0) is 11.6. The zero-order valence-corrected chi connectivity index (χ0v) is 10.7. The molecule has 2 aliphatic heterocycles.